The molecule has 1 N–H and O–H groups in total. The number of imide groups is 1. The average molecular weight is 272 g/mol. The van der Waals surface area contributed by atoms with Gasteiger partial charge in [-0.1, -0.05) is 37.3 Å². The Kier molecular flexibility index (Phi) is 3.57. The van der Waals surface area contributed by atoms with E-state index in [1.54, 1.807) is 0 Å². The Morgan fingerprint density at radius 2 is 2.00 bits per heavy atom. The van der Waals surface area contributed by atoms with Crippen LogP contribution >= 0.6 is 0 Å². The van der Waals surface area contributed by atoms with Crippen molar-refractivity contribution in [2.45, 2.75) is 44.2 Å². The summed E-state index contributed by atoms with van der Waals surface area (Å²) >= 11 is 0. The van der Waals surface area contributed by atoms with Gasteiger partial charge in [0.25, 0.3) is 0 Å². The lowest BCUT2D eigenvalue weighted by molar-refractivity contribution is -0.138. The van der Waals surface area contributed by atoms with Gasteiger partial charge in [0.2, 0.25) is 11.8 Å². The van der Waals surface area contributed by atoms with Crippen LogP contribution in [-0.4, -0.2) is 35.3 Å². The second kappa shape index (κ2) is 5.37. The summed E-state index contributed by atoms with van der Waals surface area (Å²) in [6, 6.07) is 10.4. The third kappa shape index (κ3) is 2.48. The van der Waals surface area contributed by atoms with Crippen molar-refractivity contribution >= 4 is 11.8 Å². The molecule has 1 saturated heterocycles. The summed E-state index contributed by atoms with van der Waals surface area (Å²) in [6.07, 6.45) is 2.19. The number of nitrogens with zero attached hydrogens (tertiary/aromatic N) is 1. The van der Waals surface area contributed by atoms with Gasteiger partial charge in [0, 0.05) is 18.5 Å². The van der Waals surface area contributed by atoms with Gasteiger partial charge in [-0.05, 0) is 18.4 Å². The zero-order valence-corrected chi connectivity index (χ0v) is 11.7. The van der Waals surface area contributed by atoms with Crippen molar-refractivity contribution in [1.82, 2.24) is 10.2 Å². The van der Waals surface area contributed by atoms with E-state index in [4.69, 9.17) is 0 Å². The van der Waals surface area contributed by atoms with Gasteiger partial charge < -0.3 is 5.32 Å². The number of carbonyl (C=O) groups excluding carboxylic acids is 2. The van der Waals surface area contributed by atoms with Gasteiger partial charge in [-0.25, -0.2) is 0 Å². The molecule has 1 aliphatic carbocycles. The van der Waals surface area contributed by atoms with Crippen LogP contribution in [0.5, 0.6) is 0 Å². The Morgan fingerprint density at radius 3 is 2.70 bits per heavy atom. The summed E-state index contributed by atoms with van der Waals surface area (Å²) in [5.74, 6) is 0.404. The van der Waals surface area contributed by atoms with E-state index in [1.165, 1.54) is 10.5 Å². The second-order valence-electron chi connectivity index (χ2n) is 5.67. The number of hydrogen-bond acceptors (Lipinski definition) is 3. The summed E-state index contributed by atoms with van der Waals surface area (Å²) in [5, 5.41) is 3.36. The van der Waals surface area contributed by atoms with Crippen LogP contribution < -0.4 is 5.32 Å². The van der Waals surface area contributed by atoms with Crippen LogP contribution in [0, 0.1) is 0 Å². The van der Waals surface area contributed by atoms with Crippen LogP contribution in [0.4, 0.5) is 0 Å². The Morgan fingerprint density at radius 1 is 1.25 bits per heavy atom. The Hall–Kier alpha value is -1.68. The van der Waals surface area contributed by atoms with Gasteiger partial charge >= 0.3 is 0 Å². The Labute approximate surface area is 119 Å². The molecule has 2 fully saturated rings. The minimum Gasteiger partial charge on any atom is -0.302 e. The van der Waals surface area contributed by atoms with Crippen molar-refractivity contribution in [2.24, 2.45) is 0 Å². The van der Waals surface area contributed by atoms with E-state index in [0.717, 1.165) is 12.8 Å². The molecule has 0 aromatic heterocycles. The summed E-state index contributed by atoms with van der Waals surface area (Å²) in [5.41, 5.74) is 1.31. The molecule has 106 valence electrons. The van der Waals surface area contributed by atoms with Crippen molar-refractivity contribution < 1.29 is 9.59 Å². The molecule has 3 rings (SSSR count). The highest BCUT2D eigenvalue weighted by Gasteiger charge is 2.45. The molecule has 2 amide bonds. The van der Waals surface area contributed by atoms with E-state index in [-0.39, 0.29) is 17.9 Å². The topological polar surface area (TPSA) is 49.4 Å². The van der Waals surface area contributed by atoms with Crippen LogP contribution in [0.3, 0.4) is 0 Å². The van der Waals surface area contributed by atoms with Gasteiger partial charge in [-0.2, -0.15) is 0 Å². The average Bonchev–Trinajstić information content (AvgIpc) is 3.18. The molecular formula is C16H20N2O2. The molecule has 1 aromatic carbocycles. The summed E-state index contributed by atoms with van der Waals surface area (Å²) < 4.78 is 0. The quantitative estimate of drug-likeness (QED) is 0.830. The number of carbonyl (C=O) groups is 2. The molecule has 2 aliphatic rings. The third-order valence-electron chi connectivity index (χ3n) is 4.12. The van der Waals surface area contributed by atoms with Crippen LogP contribution in [0.15, 0.2) is 30.3 Å². The summed E-state index contributed by atoms with van der Waals surface area (Å²) in [4.78, 5) is 25.4. The summed E-state index contributed by atoms with van der Waals surface area (Å²) in [6.45, 7) is 2.52. The zero-order chi connectivity index (χ0) is 14.1. The smallest absolute Gasteiger partial charge is 0.246 e. The van der Waals surface area contributed by atoms with E-state index in [2.05, 4.69) is 17.4 Å². The molecule has 1 heterocycles. The van der Waals surface area contributed by atoms with Crippen molar-refractivity contribution in [3.63, 3.8) is 0 Å². The monoisotopic (exact) mass is 272 g/mol. The van der Waals surface area contributed by atoms with Crippen LogP contribution in [0.25, 0.3) is 0 Å². The standard InChI is InChI=1S/C16H20N2O2/c1-2-8-18-15(19)10-14(16(18)20)17-13-9-12(13)11-6-4-3-5-7-11/h3-7,12-14,17H,2,8-10H2,1H3. The molecule has 0 spiro atoms. The first-order valence-electron chi connectivity index (χ1n) is 7.36. The number of amides is 2. The van der Waals surface area contributed by atoms with Gasteiger partial charge in [0.15, 0.2) is 0 Å². The molecule has 1 aliphatic heterocycles. The molecule has 4 heteroatoms. The first kappa shape index (κ1) is 13.3. The summed E-state index contributed by atoms with van der Waals surface area (Å²) in [7, 11) is 0. The molecule has 20 heavy (non-hydrogen) atoms. The number of benzene rings is 1. The third-order valence-corrected chi connectivity index (χ3v) is 4.12. The van der Waals surface area contributed by atoms with E-state index in [1.807, 2.05) is 25.1 Å². The molecule has 4 nitrogen and oxygen atoms in total. The molecule has 1 aromatic rings. The normalized spacial score (nSPS) is 29.1. The minimum atomic E-state index is -0.312. The largest absolute Gasteiger partial charge is 0.302 e. The number of likely N-dealkylation sites (tertiary alicyclic amines) is 1. The minimum absolute atomic E-state index is 0.0359. The van der Waals surface area contributed by atoms with Gasteiger partial charge in [-0.3, -0.25) is 14.5 Å². The molecule has 1 saturated carbocycles. The molecule has 3 unspecified atom stereocenters. The zero-order valence-electron chi connectivity index (χ0n) is 11.7. The van der Waals surface area contributed by atoms with E-state index in [0.29, 0.717) is 24.9 Å². The Bertz CT molecular complexity index is 514. The second-order valence-corrected chi connectivity index (χ2v) is 5.67. The van der Waals surface area contributed by atoms with Gasteiger partial charge in [-0.15, -0.1) is 0 Å². The van der Waals surface area contributed by atoms with E-state index < -0.39 is 0 Å². The predicted molar refractivity (Wildman–Crippen MR) is 76.1 cm³/mol. The number of rotatable bonds is 5. The first-order valence-corrected chi connectivity index (χ1v) is 7.36. The SMILES string of the molecule is CCCN1C(=O)CC(NC2CC2c2ccccc2)C1=O. The molecule has 3 atom stereocenters. The van der Waals surface area contributed by atoms with Crippen molar-refractivity contribution in [1.29, 1.82) is 0 Å². The number of nitrogens with one attached hydrogen (secondary N) is 1. The first-order chi connectivity index (χ1) is 9.70. The fraction of sp³-hybridized carbons (Fsp3) is 0.500. The van der Waals surface area contributed by atoms with Crippen LogP contribution in [0.2, 0.25) is 0 Å². The Balaban J connectivity index is 1.58. The highest BCUT2D eigenvalue weighted by atomic mass is 16.2. The van der Waals surface area contributed by atoms with Crippen LogP contribution in [-0.2, 0) is 9.59 Å². The lowest BCUT2D eigenvalue weighted by Gasteiger charge is -2.14. The predicted octanol–water partition coefficient (Wildman–Crippen LogP) is 1.67. The maximum absolute atomic E-state index is 12.2. The van der Waals surface area contributed by atoms with Crippen LogP contribution in [0.1, 0.15) is 37.7 Å². The highest BCUT2D eigenvalue weighted by Crippen LogP contribution is 2.41. The van der Waals surface area contributed by atoms with Crippen molar-refractivity contribution in [3.05, 3.63) is 35.9 Å². The maximum Gasteiger partial charge on any atom is 0.246 e. The van der Waals surface area contributed by atoms with E-state index in [9.17, 15) is 9.59 Å². The maximum atomic E-state index is 12.2. The fourth-order valence-corrected chi connectivity index (χ4v) is 2.98. The molecule has 0 bridgehead atoms. The molecular weight excluding hydrogens is 252 g/mol. The lowest BCUT2D eigenvalue weighted by Crippen LogP contribution is -2.40. The van der Waals surface area contributed by atoms with Crippen molar-refractivity contribution in [3.8, 4) is 0 Å². The van der Waals surface area contributed by atoms with Crippen molar-refractivity contribution in [2.75, 3.05) is 6.54 Å². The number of hydrogen-bond donors (Lipinski definition) is 1. The fourth-order valence-electron chi connectivity index (χ4n) is 2.98. The lowest BCUT2D eigenvalue weighted by atomic mass is 10.1. The molecule has 0 radical (unpaired) electrons. The van der Waals surface area contributed by atoms with Gasteiger partial charge in [0.1, 0.15) is 0 Å². The van der Waals surface area contributed by atoms with Gasteiger partial charge in [0.05, 0.1) is 12.5 Å². The highest BCUT2D eigenvalue weighted by molar-refractivity contribution is 6.05. The van der Waals surface area contributed by atoms with E-state index >= 15 is 0 Å².